The normalized spacial score (nSPS) is 23.0. The Morgan fingerprint density at radius 3 is 2.59 bits per heavy atom. The number of imide groups is 1. The molecule has 0 saturated carbocycles. The van der Waals surface area contributed by atoms with Crippen molar-refractivity contribution in [2.45, 2.75) is 24.9 Å². The van der Waals surface area contributed by atoms with Gasteiger partial charge in [-0.15, -0.1) is 0 Å². The molecular weight excluding hydrogens is 428 g/mol. The first kappa shape index (κ1) is 21.0. The quantitative estimate of drug-likeness (QED) is 0.723. The molecule has 0 aromatic heterocycles. The molecule has 166 valence electrons. The molecule has 2 aromatic rings. The molecule has 2 fully saturated rings. The van der Waals surface area contributed by atoms with Crippen LogP contribution >= 0.6 is 11.6 Å². The number of carbonyl (C=O) groups is 3. The van der Waals surface area contributed by atoms with Crippen LogP contribution in [0.5, 0.6) is 0 Å². The summed E-state index contributed by atoms with van der Waals surface area (Å²) in [5, 5.41) is 3.60. The van der Waals surface area contributed by atoms with Gasteiger partial charge < -0.3 is 10.2 Å². The van der Waals surface area contributed by atoms with Crippen molar-refractivity contribution >= 4 is 29.4 Å². The van der Waals surface area contributed by atoms with Gasteiger partial charge in [0.2, 0.25) is 5.91 Å². The Kier molecular flexibility index (Phi) is 5.39. The van der Waals surface area contributed by atoms with Crippen molar-refractivity contribution in [2.24, 2.45) is 0 Å². The fraction of sp³-hybridized carbons (Fsp3) is 0.375. The number of nitrogens with zero attached hydrogens (tertiary/aromatic N) is 3. The second kappa shape index (κ2) is 8.22. The van der Waals surface area contributed by atoms with Crippen molar-refractivity contribution in [3.8, 4) is 0 Å². The van der Waals surface area contributed by atoms with Gasteiger partial charge >= 0.3 is 6.03 Å². The van der Waals surface area contributed by atoms with E-state index in [0.29, 0.717) is 24.5 Å². The number of rotatable bonds is 4. The first-order valence-corrected chi connectivity index (χ1v) is 11.3. The molecule has 0 radical (unpaired) electrons. The van der Waals surface area contributed by atoms with Crippen molar-refractivity contribution in [3.05, 3.63) is 70.2 Å². The number of urea groups is 1. The highest BCUT2D eigenvalue weighted by molar-refractivity contribution is 6.30. The Labute approximate surface area is 191 Å². The number of carbonyl (C=O) groups excluding carboxylic acids is 3. The Morgan fingerprint density at radius 2 is 1.81 bits per heavy atom. The average Bonchev–Trinajstić information content (AvgIpc) is 3.27. The Morgan fingerprint density at radius 1 is 1.03 bits per heavy atom. The van der Waals surface area contributed by atoms with Crippen molar-refractivity contribution in [1.82, 2.24) is 20.0 Å². The smallest absolute Gasteiger partial charge is 0.325 e. The molecule has 7 nitrogen and oxygen atoms in total. The highest BCUT2D eigenvalue weighted by Crippen LogP contribution is 2.41. The lowest BCUT2D eigenvalue weighted by Crippen LogP contribution is -2.51. The molecule has 2 aliphatic heterocycles. The van der Waals surface area contributed by atoms with Crippen LogP contribution in [0.2, 0.25) is 5.02 Å². The number of fused-ring (bicyclic) bond motifs is 2. The lowest BCUT2D eigenvalue weighted by molar-refractivity contribution is -0.140. The van der Waals surface area contributed by atoms with Crippen LogP contribution < -0.4 is 5.32 Å². The molecule has 2 aromatic carbocycles. The van der Waals surface area contributed by atoms with Crippen LogP contribution in [0.1, 0.15) is 23.1 Å². The lowest BCUT2D eigenvalue weighted by atomic mass is 9.92. The van der Waals surface area contributed by atoms with Crippen LogP contribution in [0.3, 0.4) is 0 Å². The summed E-state index contributed by atoms with van der Waals surface area (Å²) in [6, 6.07) is 15.0. The maximum atomic E-state index is 13.3. The molecule has 1 unspecified atom stereocenters. The van der Waals surface area contributed by atoms with Crippen LogP contribution in [0, 0.1) is 0 Å². The number of hydrogen-bond donors (Lipinski definition) is 1. The third-order valence-corrected chi connectivity index (χ3v) is 6.97. The number of benzene rings is 2. The molecule has 1 aliphatic carbocycles. The third kappa shape index (κ3) is 3.65. The zero-order valence-electron chi connectivity index (χ0n) is 17.7. The molecule has 5 rings (SSSR count). The second-order valence-electron chi connectivity index (χ2n) is 8.67. The summed E-state index contributed by atoms with van der Waals surface area (Å²) >= 11 is 6.07. The van der Waals surface area contributed by atoms with E-state index in [0.717, 1.165) is 47.6 Å². The van der Waals surface area contributed by atoms with Gasteiger partial charge in [0.25, 0.3) is 5.91 Å². The van der Waals surface area contributed by atoms with Crippen LogP contribution in [0.15, 0.2) is 48.5 Å². The van der Waals surface area contributed by atoms with Crippen molar-refractivity contribution in [1.29, 1.82) is 0 Å². The predicted molar refractivity (Wildman–Crippen MR) is 120 cm³/mol. The molecular formula is C24H25ClN4O3. The summed E-state index contributed by atoms with van der Waals surface area (Å²) in [5.74, 6) is -0.514. The van der Waals surface area contributed by atoms with Gasteiger partial charge in [-0.05, 0) is 41.7 Å². The number of aryl methyl sites for hydroxylation is 1. The molecule has 1 spiro atoms. The molecule has 4 amide bonds. The largest absolute Gasteiger partial charge is 0.339 e. The average molecular weight is 453 g/mol. The summed E-state index contributed by atoms with van der Waals surface area (Å²) in [5.41, 5.74) is 2.04. The first-order chi connectivity index (χ1) is 15.5. The summed E-state index contributed by atoms with van der Waals surface area (Å²) in [6.45, 7) is 3.15. The van der Waals surface area contributed by atoms with Gasteiger partial charge in [-0.25, -0.2) is 4.79 Å². The fourth-order valence-electron chi connectivity index (χ4n) is 5.02. The number of amides is 4. The third-order valence-electron chi connectivity index (χ3n) is 6.74. The molecule has 2 heterocycles. The Hall–Kier alpha value is -2.90. The minimum atomic E-state index is -1.02. The minimum Gasteiger partial charge on any atom is -0.339 e. The highest BCUT2D eigenvalue weighted by Gasteiger charge is 2.55. The van der Waals surface area contributed by atoms with Gasteiger partial charge in [0, 0.05) is 37.7 Å². The van der Waals surface area contributed by atoms with E-state index in [1.54, 1.807) is 4.90 Å². The number of nitrogens with one attached hydrogen (secondary N) is 1. The summed E-state index contributed by atoms with van der Waals surface area (Å²) in [4.78, 5) is 43.9. The van der Waals surface area contributed by atoms with E-state index in [1.165, 1.54) is 0 Å². The Balaban J connectivity index is 1.20. The summed E-state index contributed by atoms with van der Waals surface area (Å²) in [7, 11) is 0. The maximum absolute atomic E-state index is 13.3. The summed E-state index contributed by atoms with van der Waals surface area (Å²) < 4.78 is 0. The predicted octanol–water partition coefficient (Wildman–Crippen LogP) is 2.38. The van der Waals surface area contributed by atoms with Gasteiger partial charge in [0.15, 0.2) is 0 Å². The Bertz CT molecular complexity index is 1080. The number of piperazine rings is 1. The molecule has 1 atom stereocenters. The molecule has 32 heavy (non-hydrogen) atoms. The van der Waals surface area contributed by atoms with E-state index in [2.05, 4.69) is 10.2 Å². The molecule has 3 aliphatic rings. The van der Waals surface area contributed by atoms with Crippen LogP contribution in [0.25, 0.3) is 0 Å². The van der Waals surface area contributed by atoms with Crippen molar-refractivity contribution in [2.75, 3.05) is 32.7 Å². The second-order valence-corrected chi connectivity index (χ2v) is 9.11. The molecule has 0 bridgehead atoms. The molecule has 1 N–H and O–H groups in total. The molecule has 2 saturated heterocycles. The van der Waals surface area contributed by atoms with E-state index in [-0.39, 0.29) is 18.4 Å². The van der Waals surface area contributed by atoms with Crippen molar-refractivity contribution < 1.29 is 14.4 Å². The standard InChI is InChI=1S/C24H25ClN4O3/c25-19-6-3-4-17(14-19)15-27-10-12-28(13-11-27)21(30)16-29-22(31)24(26-23(29)32)9-8-18-5-1-2-7-20(18)24/h1-7,14H,8-13,15-16H2,(H,26,32). The van der Waals surface area contributed by atoms with E-state index in [1.807, 2.05) is 48.5 Å². The van der Waals surface area contributed by atoms with Gasteiger partial charge in [-0.2, -0.15) is 0 Å². The fourth-order valence-corrected chi connectivity index (χ4v) is 5.23. The highest BCUT2D eigenvalue weighted by atomic mass is 35.5. The van der Waals surface area contributed by atoms with Gasteiger partial charge in [-0.1, -0.05) is 48.0 Å². The zero-order chi connectivity index (χ0) is 22.3. The van der Waals surface area contributed by atoms with E-state index < -0.39 is 11.6 Å². The van der Waals surface area contributed by atoms with E-state index in [9.17, 15) is 14.4 Å². The lowest BCUT2D eigenvalue weighted by Gasteiger charge is -2.35. The first-order valence-electron chi connectivity index (χ1n) is 10.9. The van der Waals surface area contributed by atoms with Gasteiger partial charge in [0.05, 0.1) is 0 Å². The number of hydrogen-bond acceptors (Lipinski definition) is 4. The van der Waals surface area contributed by atoms with Crippen LogP contribution in [0.4, 0.5) is 4.79 Å². The monoisotopic (exact) mass is 452 g/mol. The van der Waals surface area contributed by atoms with E-state index in [4.69, 9.17) is 11.6 Å². The topological polar surface area (TPSA) is 73.0 Å². The van der Waals surface area contributed by atoms with Crippen LogP contribution in [-0.2, 0) is 28.1 Å². The maximum Gasteiger partial charge on any atom is 0.325 e. The SMILES string of the molecule is O=C(CN1C(=O)NC2(CCc3ccccc32)C1=O)N1CCN(Cc2cccc(Cl)c2)CC1. The zero-order valence-corrected chi connectivity index (χ0v) is 18.5. The van der Waals surface area contributed by atoms with Gasteiger partial charge in [0.1, 0.15) is 12.1 Å². The number of halogens is 1. The van der Waals surface area contributed by atoms with Crippen LogP contribution in [-0.4, -0.2) is 65.3 Å². The molecule has 8 heteroatoms. The summed E-state index contributed by atoms with van der Waals surface area (Å²) in [6.07, 6.45) is 1.27. The van der Waals surface area contributed by atoms with Gasteiger partial charge in [-0.3, -0.25) is 19.4 Å². The van der Waals surface area contributed by atoms with Crippen molar-refractivity contribution in [3.63, 3.8) is 0 Å². The van der Waals surface area contributed by atoms with E-state index >= 15 is 0 Å². The minimum absolute atomic E-state index is 0.195.